The van der Waals surface area contributed by atoms with E-state index in [9.17, 15) is 9.18 Å². The van der Waals surface area contributed by atoms with Crippen molar-refractivity contribution in [2.24, 2.45) is 5.92 Å². The molecule has 0 fully saturated rings. The molecule has 1 aromatic carbocycles. The number of nitrogens with two attached hydrogens (primary N) is 1. The number of halogens is 1. The third-order valence-electron chi connectivity index (χ3n) is 5.05. The number of nitrogens with zero attached hydrogens (tertiary/aromatic N) is 1. The third-order valence-corrected chi connectivity index (χ3v) is 6.17. The molecule has 0 unspecified atom stereocenters. The predicted octanol–water partition coefficient (Wildman–Crippen LogP) is 4.78. The van der Waals surface area contributed by atoms with E-state index in [0.717, 1.165) is 41.6 Å². The molecule has 0 saturated carbocycles. The maximum Gasteiger partial charge on any atom is 0.267 e. The van der Waals surface area contributed by atoms with E-state index in [0.29, 0.717) is 22.2 Å². The van der Waals surface area contributed by atoms with Crippen molar-refractivity contribution in [3.63, 3.8) is 0 Å². The maximum absolute atomic E-state index is 13.3. The normalized spacial score (nSPS) is 16.5. The van der Waals surface area contributed by atoms with Gasteiger partial charge in [-0.1, -0.05) is 19.4 Å². The van der Waals surface area contributed by atoms with Crippen LogP contribution in [-0.4, -0.2) is 10.9 Å². The molecule has 3 N–H and O–H groups in total. The highest BCUT2D eigenvalue weighted by Gasteiger charge is 2.23. The van der Waals surface area contributed by atoms with Crippen molar-refractivity contribution in [2.45, 2.75) is 32.6 Å². The summed E-state index contributed by atoms with van der Waals surface area (Å²) in [6, 6.07) is 7.92. The molecular formula is C20H20FN3OS. The van der Waals surface area contributed by atoms with Gasteiger partial charge < -0.3 is 11.1 Å². The number of thiophene rings is 1. The Morgan fingerprint density at radius 3 is 3.04 bits per heavy atom. The number of carbonyl (C=O) groups excluding carboxylic acids is 1. The summed E-state index contributed by atoms with van der Waals surface area (Å²) in [5.74, 6) is -0.0372. The van der Waals surface area contributed by atoms with Crippen LogP contribution in [0, 0.1) is 11.7 Å². The van der Waals surface area contributed by atoms with Gasteiger partial charge in [0.05, 0.1) is 5.69 Å². The molecule has 0 saturated heterocycles. The molecule has 4 rings (SSSR count). The van der Waals surface area contributed by atoms with Crippen molar-refractivity contribution < 1.29 is 9.18 Å². The van der Waals surface area contributed by atoms with Gasteiger partial charge in [0, 0.05) is 16.8 Å². The lowest BCUT2D eigenvalue weighted by atomic mass is 9.85. The number of nitrogens with one attached hydrogen (secondary N) is 1. The first kappa shape index (κ1) is 17.0. The zero-order chi connectivity index (χ0) is 18.3. The summed E-state index contributed by atoms with van der Waals surface area (Å²) in [6.45, 7) is 2.22. The number of hydrogen-bond donors (Lipinski definition) is 2. The summed E-state index contributed by atoms with van der Waals surface area (Å²) < 4.78 is 13.3. The van der Waals surface area contributed by atoms with Gasteiger partial charge in [0.1, 0.15) is 15.5 Å². The largest absolute Gasteiger partial charge is 0.397 e. The van der Waals surface area contributed by atoms with Crippen LogP contribution >= 0.6 is 11.3 Å². The molecule has 134 valence electrons. The van der Waals surface area contributed by atoms with Gasteiger partial charge in [-0.3, -0.25) is 4.79 Å². The van der Waals surface area contributed by atoms with Crippen molar-refractivity contribution in [1.82, 2.24) is 4.98 Å². The molecule has 1 aliphatic rings. The van der Waals surface area contributed by atoms with E-state index in [4.69, 9.17) is 10.7 Å². The molecule has 1 aliphatic carbocycles. The van der Waals surface area contributed by atoms with Crippen molar-refractivity contribution in [3.8, 4) is 0 Å². The SMILES string of the molecule is CC[C@H]1CCc2nc3sc(C(=O)Nc4cccc(F)c4)c(N)c3cc2C1. The number of carbonyl (C=O) groups is 1. The summed E-state index contributed by atoms with van der Waals surface area (Å²) in [4.78, 5) is 18.6. The van der Waals surface area contributed by atoms with E-state index in [1.54, 1.807) is 12.1 Å². The van der Waals surface area contributed by atoms with Crippen molar-refractivity contribution >= 4 is 38.8 Å². The van der Waals surface area contributed by atoms with Gasteiger partial charge in [-0.25, -0.2) is 9.37 Å². The molecule has 1 amide bonds. The smallest absolute Gasteiger partial charge is 0.267 e. The summed E-state index contributed by atoms with van der Waals surface area (Å²) in [5.41, 5.74) is 9.49. The van der Waals surface area contributed by atoms with Crippen LogP contribution in [-0.2, 0) is 12.8 Å². The van der Waals surface area contributed by atoms with Gasteiger partial charge in [0.2, 0.25) is 0 Å². The standard InChI is InChI=1S/C20H20FN3OS/c1-2-11-6-7-16-12(8-11)9-15-17(22)18(26-20(15)24-16)19(25)23-14-5-3-4-13(21)10-14/h3-5,9-11H,2,6-8,22H2,1H3,(H,23,25)/t11-/m0/s1. The summed E-state index contributed by atoms with van der Waals surface area (Å²) in [6.07, 6.45) is 4.33. The highest BCUT2D eigenvalue weighted by molar-refractivity contribution is 7.21. The van der Waals surface area contributed by atoms with E-state index in [-0.39, 0.29) is 5.91 Å². The van der Waals surface area contributed by atoms with Crippen molar-refractivity contribution in [1.29, 1.82) is 0 Å². The Kier molecular flexibility index (Phi) is 4.36. The topological polar surface area (TPSA) is 68.0 Å². The first-order valence-electron chi connectivity index (χ1n) is 8.82. The van der Waals surface area contributed by atoms with Gasteiger partial charge in [-0.2, -0.15) is 0 Å². The molecule has 1 atom stereocenters. The predicted molar refractivity (Wildman–Crippen MR) is 104 cm³/mol. The van der Waals surface area contributed by atoms with Crippen LogP contribution in [0.3, 0.4) is 0 Å². The Morgan fingerprint density at radius 1 is 1.42 bits per heavy atom. The molecule has 2 heterocycles. The minimum atomic E-state index is -0.396. The minimum absolute atomic E-state index is 0.333. The Labute approximate surface area is 155 Å². The average molecular weight is 369 g/mol. The van der Waals surface area contributed by atoms with Crippen LogP contribution in [0.5, 0.6) is 0 Å². The number of anilines is 2. The first-order chi connectivity index (χ1) is 12.5. The fourth-order valence-corrected chi connectivity index (χ4v) is 4.53. The molecule has 26 heavy (non-hydrogen) atoms. The second kappa shape index (κ2) is 6.68. The number of benzene rings is 1. The second-order valence-electron chi connectivity index (χ2n) is 6.77. The third kappa shape index (κ3) is 3.05. The number of hydrogen-bond acceptors (Lipinski definition) is 4. The van der Waals surface area contributed by atoms with E-state index >= 15 is 0 Å². The molecule has 4 nitrogen and oxygen atoms in total. The second-order valence-corrected chi connectivity index (χ2v) is 7.77. The lowest BCUT2D eigenvalue weighted by molar-refractivity contribution is 0.103. The molecule has 3 aromatic rings. The minimum Gasteiger partial charge on any atom is -0.397 e. The van der Waals surface area contributed by atoms with Crippen LogP contribution < -0.4 is 11.1 Å². The summed E-state index contributed by atoms with van der Waals surface area (Å²) >= 11 is 1.29. The monoisotopic (exact) mass is 369 g/mol. The maximum atomic E-state index is 13.3. The Bertz CT molecular complexity index is 998. The fourth-order valence-electron chi connectivity index (χ4n) is 3.54. The Hall–Kier alpha value is -2.47. The molecule has 2 aromatic heterocycles. The van der Waals surface area contributed by atoms with Crippen LogP contribution in [0.15, 0.2) is 30.3 Å². The highest BCUT2D eigenvalue weighted by atomic mass is 32.1. The number of aromatic nitrogens is 1. The summed E-state index contributed by atoms with van der Waals surface area (Å²) in [5, 5.41) is 3.55. The fraction of sp³-hybridized carbons (Fsp3) is 0.300. The number of rotatable bonds is 3. The first-order valence-corrected chi connectivity index (χ1v) is 9.64. The van der Waals surface area contributed by atoms with Gasteiger partial charge in [-0.15, -0.1) is 11.3 Å². The highest BCUT2D eigenvalue weighted by Crippen LogP contribution is 2.37. The lowest BCUT2D eigenvalue weighted by Crippen LogP contribution is -2.14. The number of fused-ring (bicyclic) bond motifs is 2. The van der Waals surface area contributed by atoms with Gasteiger partial charge >= 0.3 is 0 Å². The van der Waals surface area contributed by atoms with E-state index in [1.165, 1.54) is 29.0 Å². The zero-order valence-corrected chi connectivity index (χ0v) is 15.3. The molecule has 0 bridgehead atoms. The Balaban J connectivity index is 1.68. The van der Waals surface area contributed by atoms with Crippen LogP contribution in [0.2, 0.25) is 0 Å². The number of nitrogen functional groups attached to an aromatic ring is 1. The molecule has 6 heteroatoms. The average Bonchev–Trinajstić information content (AvgIpc) is 2.95. The lowest BCUT2D eigenvalue weighted by Gasteiger charge is -2.22. The van der Waals surface area contributed by atoms with Crippen LogP contribution in [0.25, 0.3) is 10.2 Å². The van der Waals surface area contributed by atoms with Crippen molar-refractivity contribution in [3.05, 3.63) is 52.3 Å². The number of pyridine rings is 1. The molecule has 0 spiro atoms. The van der Waals surface area contributed by atoms with Crippen molar-refractivity contribution in [2.75, 3.05) is 11.1 Å². The number of amides is 1. The molecular weight excluding hydrogens is 349 g/mol. The van der Waals surface area contributed by atoms with E-state index in [2.05, 4.69) is 18.3 Å². The quantitative estimate of drug-likeness (QED) is 0.698. The van der Waals surface area contributed by atoms with Gasteiger partial charge in [-0.05, 0) is 55.0 Å². The van der Waals surface area contributed by atoms with Gasteiger partial charge in [0.25, 0.3) is 5.91 Å². The zero-order valence-electron chi connectivity index (χ0n) is 14.5. The van der Waals surface area contributed by atoms with Gasteiger partial charge in [0.15, 0.2) is 0 Å². The van der Waals surface area contributed by atoms with Crippen LogP contribution in [0.1, 0.15) is 40.7 Å². The van der Waals surface area contributed by atoms with E-state index in [1.807, 2.05) is 0 Å². The van der Waals surface area contributed by atoms with E-state index < -0.39 is 5.82 Å². The summed E-state index contributed by atoms with van der Waals surface area (Å²) in [7, 11) is 0. The number of aryl methyl sites for hydroxylation is 1. The molecule has 0 radical (unpaired) electrons. The molecule has 0 aliphatic heterocycles. The Morgan fingerprint density at radius 2 is 2.27 bits per heavy atom. The van der Waals surface area contributed by atoms with Crippen LogP contribution in [0.4, 0.5) is 15.8 Å².